The van der Waals surface area contributed by atoms with Crippen molar-refractivity contribution in [3.05, 3.63) is 29.1 Å². The van der Waals surface area contributed by atoms with Crippen molar-refractivity contribution in [1.82, 2.24) is 20.6 Å². The highest BCUT2D eigenvalue weighted by Gasteiger charge is 2.27. The molecule has 112 valence electrons. The number of rotatable bonds is 3. The molecule has 1 amide bonds. The van der Waals surface area contributed by atoms with Gasteiger partial charge in [0.25, 0.3) is 0 Å². The Bertz CT molecular complexity index is 641. The lowest BCUT2D eigenvalue weighted by molar-refractivity contribution is -0.123. The van der Waals surface area contributed by atoms with E-state index in [1.807, 2.05) is 6.07 Å². The summed E-state index contributed by atoms with van der Waals surface area (Å²) in [6.07, 6.45) is 0.0302. The molecular formula is C15H20N4O2. The molecule has 1 aromatic heterocycles. The number of amides is 1. The molecule has 1 aliphatic heterocycles. The van der Waals surface area contributed by atoms with Crippen molar-refractivity contribution in [2.45, 2.75) is 39.0 Å². The second-order valence-corrected chi connectivity index (χ2v) is 5.71. The zero-order valence-electron chi connectivity index (χ0n) is 12.2. The first-order chi connectivity index (χ1) is 10.0. The van der Waals surface area contributed by atoms with Crippen LogP contribution in [0.3, 0.4) is 0 Å². The van der Waals surface area contributed by atoms with E-state index in [9.17, 15) is 9.90 Å². The van der Waals surface area contributed by atoms with Gasteiger partial charge in [-0.25, -0.2) is 4.98 Å². The molecule has 0 aliphatic carbocycles. The number of nitrogens with zero attached hydrogens (tertiary/aromatic N) is 1. The Labute approximate surface area is 123 Å². The zero-order chi connectivity index (χ0) is 15.0. The van der Waals surface area contributed by atoms with Crippen LogP contribution in [-0.4, -0.2) is 39.7 Å². The Morgan fingerprint density at radius 2 is 2.19 bits per heavy atom. The highest BCUT2D eigenvalue weighted by Crippen LogP contribution is 2.17. The van der Waals surface area contributed by atoms with Crippen molar-refractivity contribution in [3.63, 3.8) is 0 Å². The molecule has 6 nitrogen and oxygen atoms in total. The molecule has 0 saturated carbocycles. The normalized spacial score (nSPS) is 21.9. The second-order valence-electron chi connectivity index (χ2n) is 5.71. The highest BCUT2D eigenvalue weighted by molar-refractivity contribution is 5.82. The molecule has 1 saturated heterocycles. The molecular weight excluding hydrogens is 268 g/mol. The van der Waals surface area contributed by atoms with E-state index in [4.69, 9.17) is 0 Å². The Hall–Kier alpha value is -1.92. The minimum Gasteiger partial charge on any atom is -0.392 e. The summed E-state index contributed by atoms with van der Waals surface area (Å²) in [6, 6.07) is 3.80. The van der Waals surface area contributed by atoms with Crippen LogP contribution in [0.4, 0.5) is 0 Å². The SMILES string of the molecule is Cc1cc2nc(CNC(=O)[C@@H]3C[C@@H](O)CN3)[nH]c2cc1C. The molecule has 1 aliphatic rings. The van der Waals surface area contributed by atoms with Crippen molar-refractivity contribution in [3.8, 4) is 0 Å². The van der Waals surface area contributed by atoms with E-state index in [0.29, 0.717) is 19.5 Å². The number of imidazole rings is 1. The number of aromatic amines is 1. The number of β-amino-alcohol motifs (C(OH)–C–C–N with tert-alkyl or cyclic N) is 1. The van der Waals surface area contributed by atoms with Crippen LogP contribution in [0.1, 0.15) is 23.4 Å². The first kappa shape index (κ1) is 14.0. The largest absolute Gasteiger partial charge is 0.392 e. The number of aliphatic hydroxyl groups excluding tert-OH is 1. The summed E-state index contributed by atoms with van der Waals surface area (Å²) < 4.78 is 0. The lowest BCUT2D eigenvalue weighted by atomic mass is 10.1. The van der Waals surface area contributed by atoms with E-state index in [2.05, 4.69) is 40.5 Å². The van der Waals surface area contributed by atoms with Crippen LogP contribution in [0.15, 0.2) is 12.1 Å². The summed E-state index contributed by atoms with van der Waals surface area (Å²) in [5.41, 5.74) is 4.31. The summed E-state index contributed by atoms with van der Waals surface area (Å²) in [5.74, 6) is 0.640. The van der Waals surface area contributed by atoms with Crippen LogP contribution in [0.2, 0.25) is 0 Å². The third kappa shape index (κ3) is 2.91. The molecule has 0 radical (unpaired) electrons. The van der Waals surface area contributed by atoms with Gasteiger partial charge in [0.2, 0.25) is 5.91 Å². The number of hydrogen-bond acceptors (Lipinski definition) is 4. The van der Waals surface area contributed by atoms with Crippen LogP contribution in [-0.2, 0) is 11.3 Å². The average molecular weight is 288 g/mol. The molecule has 0 unspecified atom stereocenters. The number of carbonyl (C=O) groups is 1. The molecule has 6 heteroatoms. The number of H-pyrrole nitrogens is 1. The van der Waals surface area contributed by atoms with E-state index in [0.717, 1.165) is 16.9 Å². The number of nitrogens with one attached hydrogen (secondary N) is 3. The minimum absolute atomic E-state index is 0.0978. The molecule has 4 N–H and O–H groups in total. The van der Waals surface area contributed by atoms with Gasteiger partial charge in [-0.2, -0.15) is 0 Å². The fourth-order valence-electron chi connectivity index (χ4n) is 2.62. The summed E-state index contributed by atoms with van der Waals surface area (Å²) in [6.45, 7) is 4.96. The Morgan fingerprint density at radius 3 is 2.90 bits per heavy atom. The molecule has 2 heterocycles. The monoisotopic (exact) mass is 288 g/mol. The number of aliphatic hydroxyl groups is 1. The molecule has 3 rings (SSSR count). The van der Waals surface area contributed by atoms with Crippen molar-refractivity contribution < 1.29 is 9.90 Å². The third-order valence-electron chi connectivity index (χ3n) is 4.00. The van der Waals surface area contributed by atoms with Gasteiger partial charge in [0.05, 0.1) is 29.7 Å². The topological polar surface area (TPSA) is 90.0 Å². The maximum absolute atomic E-state index is 12.0. The van der Waals surface area contributed by atoms with Crippen LogP contribution in [0.5, 0.6) is 0 Å². The van der Waals surface area contributed by atoms with Gasteiger partial charge in [-0.1, -0.05) is 0 Å². The first-order valence-corrected chi connectivity index (χ1v) is 7.18. The second kappa shape index (κ2) is 5.46. The van der Waals surface area contributed by atoms with Crippen molar-refractivity contribution in [2.24, 2.45) is 0 Å². The molecule has 1 aromatic carbocycles. The summed E-state index contributed by atoms with van der Waals surface area (Å²) in [5, 5.41) is 15.3. The lowest BCUT2D eigenvalue weighted by Gasteiger charge is -2.09. The maximum Gasteiger partial charge on any atom is 0.237 e. The molecule has 0 bridgehead atoms. The van der Waals surface area contributed by atoms with Gasteiger partial charge in [-0.3, -0.25) is 4.79 Å². The third-order valence-corrected chi connectivity index (χ3v) is 4.00. The van der Waals surface area contributed by atoms with Gasteiger partial charge in [-0.15, -0.1) is 0 Å². The zero-order valence-corrected chi connectivity index (χ0v) is 12.2. The fraction of sp³-hybridized carbons (Fsp3) is 0.467. The van der Waals surface area contributed by atoms with Gasteiger partial charge in [0, 0.05) is 6.54 Å². The molecule has 2 atom stereocenters. The van der Waals surface area contributed by atoms with Crippen LogP contribution in [0.25, 0.3) is 11.0 Å². The number of carbonyl (C=O) groups excluding carboxylic acids is 1. The predicted molar refractivity (Wildman–Crippen MR) is 79.8 cm³/mol. The van der Waals surface area contributed by atoms with Gasteiger partial charge >= 0.3 is 0 Å². The van der Waals surface area contributed by atoms with Crippen molar-refractivity contribution in [1.29, 1.82) is 0 Å². The lowest BCUT2D eigenvalue weighted by Crippen LogP contribution is -2.40. The van der Waals surface area contributed by atoms with Gasteiger partial charge < -0.3 is 20.7 Å². The fourth-order valence-corrected chi connectivity index (χ4v) is 2.62. The number of aromatic nitrogens is 2. The maximum atomic E-state index is 12.0. The van der Waals surface area contributed by atoms with E-state index in [1.54, 1.807) is 0 Å². The average Bonchev–Trinajstić information content (AvgIpc) is 3.03. The number of aryl methyl sites for hydroxylation is 2. The Balaban J connectivity index is 1.66. The standard InChI is InChI=1S/C15H20N4O2/c1-8-3-11-12(4-9(8)2)19-14(18-11)7-17-15(21)13-5-10(20)6-16-13/h3-4,10,13,16,20H,5-7H2,1-2H3,(H,17,21)(H,18,19)/t10-,13+/m1/s1. The number of hydrogen-bond donors (Lipinski definition) is 4. The van der Waals surface area contributed by atoms with Gasteiger partial charge in [-0.05, 0) is 43.5 Å². The van der Waals surface area contributed by atoms with Crippen molar-refractivity contribution in [2.75, 3.05) is 6.54 Å². The van der Waals surface area contributed by atoms with E-state index < -0.39 is 6.10 Å². The van der Waals surface area contributed by atoms with Crippen molar-refractivity contribution >= 4 is 16.9 Å². The molecule has 21 heavy (non-hydrogen) atoms. The minimum atomic E-state index is -0.432. The number of benzene rings is 1. The molecule has 0 spiro atoms. The van der Waals surface area contributed by atoms with E-state index >= 15 is 0 Å². The summed E-state index contributed by atoms with van der Waals surface area (Å²) in [7, 11) is 0. The van der Waals surface area contributed by atoms with Crippen LogP contribution in [0, 0.1) is 13.8 Å². The predicted octanol–water partition coefficient (Wildman–Crippen LogP) is 0.519. The van der Waals surface area contributed by atoms with Gasteiger partial charge in [0.1, 0.15) is 5.82 Å². The summed E-state index contributed by atoms with van der Waals surface area (Å²) >= 11 is 0. The highest BCUT2D eigenvalue weighted by atomic mass is 16.3. The molecule has 2 aromatic rings. The van der Waals surface area contributed by atoms with Gasteiger partial charge in [0.15, 0.2) is 0 Å². The van der Waals surface area contributed by atoms with E-state index in [1.165, 1.54) is 11.1 Å². The smallest absolute Gasteiger partial charge is 0.237 e. The Morgan fingerprint density at radius 1 is 1.43 bits per heavy atom. The number of fused-ring (bicyclic) bond motifs is 1. The molecule has 1 fully saturated rings. The van der Waals surface area contributed by atoms with Crippen LogP contribution >= 0.6 is 0 Å². The quantitative estimate of drug-likeness (QED) is 0.663. The van der Waals surface area contributed by atoms with Crippen LogP contribution < -0.4 is 10.6 Å². The Kier molecular flexibility index (Phi) is 3.65. The van der Waals surface area contributed by atoms with E-state index in [-0.39, 0.29) is 11.9 Å². The first-order valence-electron chi connectivity index (χ1n) is 7.18. The summed E-state index contributed by atoms with van der Waals surface area (Å²) in [4.78, 5) is 19.7.